The first-order chi connectivity index (χ1) is 9.65. The maximum Gasteiger partial charge on any atom is 0.315 e. The predicted octanol–water partition coefficient (Wildman–Crippen LogP) is 3.13. The van der Waals surface area contributed by atoms with Gasteiger partial charge in [-0.2, -0.15) is 0 Å². The minimum absolute atomic E-state index is 0.0206. The summed E-state index contributed by atoms with van der Waals surface area (Å²) in [4.78, 5) is 14.3. The highest BCUT2D eigenvalue weighted by molar-refractivity contribution is 5.74. The number of nitrogens with one attached hydrogen (secondary N) is 2. The second-order valence-electron chi connectivity index (χ2n) is 6.02. The zero-order valence-corrected chi connectivity index (χ0v) is 13.6. The van der Waals surface area contributed by atoms with Gasteiger partial charge in [-0.15, -0.1) is 0 Å². The third kappa shape index (κ3) is 7.13. The first kappa shape index (κ1) is 17.3. The number of nitrogens with zero attached hydrogens (tertiary/aromatic N) is 1. The standard InChI is InChI=1S/C16H33N3O/c1-4-19(5-2)13-9-10-14(3)17-16(20)18-15-11-7-6-8-12-15/h14-15H,4-13H2,1-3H3,(H2,17,18,20). The molecule has 1 rings (SSSR count). The summed E-state index contributed by atoms with van der Waals surface area (Å²) in [5, 5.41) is 6.18. The Hall–Kier alpha value is -0.770. The molecule has 4 heteroatoms. The molecule has 0 radical (unpaired) electrons. The Morgan fingerprint density at radius 2 is 1.85 bits per heavy atom. The monoisotopic (exact) mass is 283 g/mol. The lowest BCUT2D eigenvalue weighted by molar-refractivity contribution is 0.227. The molecule has 1 fully saturated rings. The number of hydrogen-bond donors (Lipinski definition) is 2. The van der Waals surface area contributed by atoms with Gasteiger partial charge in [-0.3, -0.25) is 0 Å². The number of amides is 2. The number of hydrogen-bond acceptors (Lipinski definition) is 2. The molecule has 1 aliphatic rings. The quantitative estimate of drug-likeness (QED) is 0.719. The van der Waals surface area contributed by atoms with Crippen LogP contribution in [0, 0.1) is 0 Å². The molecule has 0 aromatic heterocycles. The van der Waals surface area contributed by atoms with E-state index in [2.05, 4.69) is 36.3 Å². The third-order valence-electron chi connectivity index (χ3n) is 4.32. The van der Waals surface area contributed by atoms with Gasteiger partial charge in [-0.05, 0) is 52.2 Å². The van der Waals surface area contributed by atoms with Crippen LogP contribution in [0.4, 0.5) is 4.79 Å². The highest BCUT2D eigenvalue weighted by Crippen LogP contribution is 2.17. The van der Waals surface area contributed by atoms with Crippen molar-refractivity contribution < 1.29 is 4.79 Å². The molecule has 1 saturated carbocycles. The molecule has 0 heterocycles. The molecule has 1 aliphatic carbocycles. The van der Waals surface area contributed by atoms with Crippen molar-refractivity contribution in [2.45, 2.75) is 77.8 Å². The van der Waals surface area contributed by atoms with Crippen LogP contribution in [0.5, 0.6) is 0 Å². The Labute approximate surface area is 124 Å². The van der Waals surface area contributed by atoms with E-state index < -0.39 is 0 Å². The van der Waals surface area contributed by atoms with Crippen LogP contribution in [-0.4, -0.2) is 42.6 Å². The lowest BCUT2D eigenvalue weighted by Gasteiger charge is -2.24. The fourth-order valence-corrected chi connectivity index (χ4v) is 2.93. The van der Waals surface area contributed by atoms with Crippen LogP contribution < -0.4 is 10.6 Å². The Kier molecular flexibility index (Phi) is 8.67. The Morgan fingerprint density at radius 1 is 1.20 bits per heavy atom. The average Bonchev–Trinajstić information content (AvgIpc) is 2.44. The van der Waals surface area contributed by atoms with E-state index in [0.717, 1.165) is 45.3 Å². The van der Waals surface area contributed by atoms with E-state index in [1.165, 1.54) is 19.3 Å². The van der Waals surface area contributed by atoms with E-state index in [0.29, 0.717) is 6.04 Å². The molecule has 20 heavy (non-hydrogen) atoms. The molecule has 0 saturated heterocycles. The topological polar surface area (TPSA) is 44.4 Å². The van der Waals surface area contributed by atoms with Crippen molar-refractivity contribution in [1.29, 1.82) is 0 Å². The van der Waals surface area contributed by atoms with Gasteiger partial charge in [0.1, 0.15) is 0 Å². The van der Waals surface area contributed by atoms with Gasteiger partial charge in [0.2, 0.25) is 0 Å². The van der Waals surface area contributed by atoms with E-state index in [-0.39, 0.29) is 12.1 Å². The largest absolute Gasteiger partial charge is 0.336 e. The number of carbonyl (C=O) groups is 1. The maximum absolute atomic E-state index is 11.9. The highest BCUT2D eigenvalue weighted by Gasteiger charge is 2.16. The SMILES string of the molecule is CCN(CC)CCCC(C)NC(=O)NC1CCCCC1. The number of rotatable bonds is 8. The summed E-state index contributed by atoms with van der Waals surface area (Å²) in [5.74, 6) is 0. The second-order valence-corrected chi connectivity index (χ2v) is 6.02. The fraction of sp³-hybridized carbons (Fsp3) is 0.938. The van der Waals surface area contributed by atoms with Crippen molar-refractivity contribution in [1.82, 2.24) is 15.5 Å². The van der Waals surface area contributed by atoms with E-state index in [1.807, 2.05) is 0 Å². The van der Waals surface area contributed by atoms with Gasteiger partial charge in [0.15, 0.2) is 0 Å². The Bertz CT molecular complexity index is 260. The van der Waals surface area contributed by atoms with Crippen LogP contribution in [-0.2, 0) is 0 Å². The van der Waals surface area contributed by atoms with Crippen LogP contribution >= 0.6 is 0 Å². The van der Waals surface area contributed by atoms with E-state index in [9.17, 15) is 4.79 Å². The molecule has 0 aliphatic heterocycles. The average molecular weight is 283 g/mol. The molecule has 2 amide bonds. The van der Waals surface area contributed by atoms with E-state index in [1.54, 1.807) is 0 Å². The highest BCUT2D eigenvalue weighted by atomic mass is 16.2. The van der Waals surface area contributed by atoms with Crippen LogP contribution in [0.3, 0.4) is 0 Å². The van der Waals surface area contributed by atoms with Gasteiger partial charge < -0.3 is 15.5 Å². The molecule has 0 spiro atoms. The van der Waals surface area contributed by atoms with E-state index in [4.69, 9.17) is 0 Å². The van der Waals surface area contributed by atoms with Crippen molar-refractivity contribution in [3.63, 3.8) is 0 Å². The smallest absolute Gasteiger partial charge is 0.315 e. The predicted molar refractivity (Wildman–Crippen MR) is 85.0 cm³/mol. The van der Waals surface area contributed by atoms with Crippen molar-refractivity contribution in [3.05, 3.63) is 0 Å². The summed E-state index contributed by atoms with van der Waals surface area (Å²) in [7, 11) is 0. The van der Waals surface area contributed by atoms with E-state index >= 15 is 0 Å². The molecular weight excluding hydrogens is 250 g/mol. The number of carbonyl (C=O) groups excluding carboxylic acids is 1. The summed E-state index contributed by atoms with van der Waals surface area (Å²) in [6.07, 6.45) is 8.31. The van der Waals surface area contributed by atoms with Crippen LogP contribution in [0.15, 0.2) is 0 Å². The normalized spacial score (nSPS) is 18.0. The van der Waals surface area contributed by atoms with Crippen molar-refractivity contribution >= 4 is 6.03 Å². The molecule has 0 bridgehead atoms. The van der Waals surface area contributed by atoms with Gasteiger partial charge in [0.25, 0.3) is 0 Å². The first-order valence-electron chi connectivity index (χ1n) is 8.45. The molecular formula is C16H33N3O. The molecule has 1 unspecified atom stereocenters. The fourth-order valence-electron chi connectivity index (χ4n) is 2.93. The Balaban J connectivity index is 2.11. The molecule has 0 aromatic carbocycles. The molecule has 1 atom stereocenters. The summed E-state index contributed by atoms with van der Waals surface area (Å²) in [5.41, 5.74) is 0. The zero-order chi connectivity index (χ0) is 14.8. The van der Waals surface area contributed by atoms with Gasteiger partial charge in [0, 0.05) is 12.1 Å². The molecule has 0 aromatic rings. The van der Waals surface area contributed by atoms with Crippen LogP contribution in [0.2, 0.25) is 0 Å². The molecule has 2 N–H and O–H groups in total. The van der Waals surface area contributed by atoms with Crippen molar-refractivity contribution in [2.24, 2.45) is 0 Å². The van der Waals surface area contributed by atoms with Crippen molar-refractivity contribution in [3.8, 4) is 0 Å². The summed E-state index contributed by atoms with van der Waals surface area (Å²) < 4.78 is 0. The first-order valence-corrected chi connectivity index (χ1v) is 8.45. The maximum atomic E-state index is 11.9. The molecule has 118 valence electrons. The third-order valence-corrected chi connectivity index (χ3v) is 4.32. The lowest BCUT2D eigenvalue weighted by atomic mass is 9.96. The van der Waals surface area contributed by atoms with Crippen LogP contribution in [0.25, 0.3) is 0 Å². The summed E-state index contributed by atoms with van der Waals surface area (Å²) in [6.45, 7) is 9.85. The van der Waals surface area contributed by atoms with Gasteiger partial charge in [-0.25, -0.2) is 4.79 Å². The summed E-state index contributed by atoms with van der Waals surface area (Å²) >= 11 is 0. The lowest BCUT2D eigenvalue weighted by Crippen LogP contribution is -2.46. The summed E-state index contributed by atoms with van der Waals surface area (Å²) in [6, 6.07) is 0.674. The molecule has 4 nitrogen and oxygen atoms in total. The Morgan fingerprint density at radius 3 is 2.45 bits per heavy atom. The minimum atomic E-state index is 0.0206. The minimum Gasteiger partial charge on any atom is -0.336 e. The zero-order valence-electron chi connectivity index (χ0n) is 13.6. The van der Waals surface area contributed by atoms with Crippen LogP contribution in [0.1, 0.15) is 65.7 Å². The second kappa shape index (κ2) is 10.0. The number of urea groups is 1. The van der Waals surface area contributed by atoms with Crippen molar-refractivity contribution in [2.75, 3.05) is 19.6 Å². The van der Waals surface area contributed by atoms with Gasteiger partial charge in [-0.1, -0.05) is 33.1 Å². The van der Waals surface area contributed by atoms with Gasteiger partial charge >= 0.3 is 6.03 Å². The van der Waals surface area contributed by atoms with Gasteiger partial charge in [0.05, 0.1) is 0 Å².